The summed E-state index contributed by atoms with van der Waals surface area (Å²) in [5.41, 5.74) is 13.3. The Labute approximate surface area is 337 Å². The van der Waals surface area contributed by atoms with Crippen LogP contribution < -0.4 is 0 Å². The third kappa shape index (κ3) is 3.68. The summed E-state index contributed by atoms with van der Waals surface area (Å²) in [6, 6.07) is 58.9. The molecule has 0 N–H and O–H groups in total. The van der Waals surface area contributed by atoms with Gasteiger partial charge in [0.15, 0.2) is 5.58 Å². The Morgan fingerprint density at radius 2 is 1.12 bits per heavy atom. The largest absolute Gasteiger partial charge is 0.452 e. The number of fused-ring (bicyclic) bond motifs is 10. The van der Waals surface area contributed by atoms with Crippen LogP contribution in [0.25, 0.3) is 136 Å². The Balaban J connectivity index is 1.09. The van der Waals surface area contributed by atoms with Crippen molar-refractivity contribution in [3.05, 3.63) is 164 Å². The molecule has 0 unspecified atom stereocenters. The molecule has 7 heterocycles. The topological polar surface area (TPSA) is 53.2 Å². The molecule has 7 aromatic heterocycles. The highest BCUT2D eigenvalue weighted by molar-refractivity contribution is 7.26. The lowest BCUT2D eigenvalue weighted by Gasteiger charge is -2.11. The molecule has 0 bridgehead atoms. The van der Waals surface area contributed by atoms with Crippen LogP contribution in [0.5, 0.6) is 0 Å². The summed E-state index contributed by atoms with van der Waals surface area (Å²) in [7, 11) is 0. The highest BCUT2D eigenvalue weighted by Crippen LogP contribution is 2.50. The number of rotatable bonds is 3. The first-order valence-electron chi connectivity index (χ1n) is 19.9. The molecule has 0 aliphatic carbocycles. The minimum atomic E-state index is 0.616. The van der Waals surface area contributed by atoms with Crippen molar-refractivity contribution in [1.82, 2.24) is 23.5 Å². The van der Waals surface area contributed by atoms with E-state index in [0.29, 0.717) is 11.5 Å². The molecule has 0 saturated carbocycles. The zero-order chi connectivity index (χ0) is 38.1. The summed E-state index contributed by atoms with van der Waals surface area (Å²) < 4.78 is 16.4. The molecule has 0 atom stereocenters. The van der Waals surface area contributed by atoms with Gasteiger partial charge in [0.2, 0.25) is 5.95 Å². The van der Waals surface area contributed by atoms with E-state index in [1.165, 1.54) is 63.7 Å². The molecule has 15 aromatic rings. The first-order valence-corrected chi connectivity index (χ1v) is 20.7. The molecule has 59 heavy (non-hydrogen) atoms. The van der Waals surface area contributed by atoms with Gasteiger partial charge in [0.1, 0.15) is 16.8 Å². The lowest BCUT2D eigenvalue weighted by atomic mass is 10.0. The number of thiophene rings is 1. The van der Waals surface area contributed by atoms with Crippen molar-refractivity contribution in [3.63, 3.8) is 0 Å². The van der Waals surface area contributed by atoms with Gasteiger partial charge in [-0.15, -0.1) is 11.3 Å². The predicted molar refractivity (Wildman–Crippen MR) is 245 cm³/mol. The van der Waals surface area contributed by atoms with Crippen LogP contribution in [-0.2, 0) is 0 Å². The Kier molecular flexibility index (Phi) is 5.46. The number of para-hydroxylation sites is 4. The van der Waals surface area contributed by atoms with E-state index in [2.05, 4.69) is 165 Å². The first-order chi connectivity index (χ1) is 29.3. The van der Waals surface area contributed by atoms with Crippen molar-refractivity contribution < 1.29 is 4.42 Å². The third-order valence-corrected chi connectivity index (χ3v) is 13.9. The molecule has 0 fully saturated rings. The van der Waals surface area contributed by atoms with E-state index in [4.69, 9.17) is 14.4 Å². The number of hydrogen-bond donors (Lipinski definition) is 0. The second-order valence-corrected chi connectivity index (χ2v) is 16.8. The molecule has 272 valence electrons. The van der Waals surface area contributed by atoms with Crippen LogP contribution in [0.3, 0.4) is 0 Å². The Morgan fingerprint density at radius 3 is 2.02 bits per heavy atom. The third-order valence-electron chi connectivity index (χ3n) is 12.8. The van der Waals surface area contributed by atoms with E-state index in [0.717, 1.165) is 60.9 Å². The normalized spacial score (nSPS) is 12.7. The smallest absolute Gasteiger partial charge is 0.236 e. The second-order valence-electron chi connectivity index (χ2n) is 15.7. The number of nitrogens with zero attached hydrogens (tertiary/aromatic N) is 5. The van der Waals surface area contributed by atoms with E-state index in [9.17, 15) is 0 Å². The Morgan fingerprint density at radius 1 is 0.441 bits per heavy atom. The van der Waals surface area contributed by atoms with Gasteiger partial charge < -0.3 is 13.4 Å². The maximum atomic E-state index is 6.70. The van der Waals surface area contributed by atoms with Crippen LogP contribution in [0.15, 0.2) is 168 Å². The quantitative estimate of drug-likeness (QED) is 0.180. The summed E-state index contributed by atoms with van der Waals surface area (Å²) in [6.07, 6.45) is 0. The number of hydrogen-bond acceptors (Lipinski definition) is 4. The molecular formula is C52H27N5OS. The average molecular weight is 770 g/mol. The van der Waals surface area contributed by atoms with Crippen LogP contribution >= 0.6 is 11.3 Å². The van der Waals surface area contributed by atoms with Crippen LogP contribution in [0.2, 0.25) is 0 Å². The fraction of sp³-hybridized carbons (Fsp3) is 0. The molecule has 15 rings (SSSR count). The van der Waals surface area contributed by atoms with Crippen LogP contribution in [-0.4, -0.2) is 23.5 Å². The molecular weight excluding hydrogens is 743 g/mol. The average Bonchev–Trinajstić information content (AvgIpc) is 4.08. The van der Waals surface area contributed by atoms with E-state index in [1.807, 2.05) is 23.5 Å². The van der Waals surface area contributed by atoms with Gasteiger partial charge in [-0.2, -0.15) is 0 Å². The number of benzene rings is 8. The van der Waals surface area contributed by atoms with Crippen molar-refractivity contribution >= 4 is 125 Å². The SMILES string of the molecule is c1ccc(-n2c3ccccc3c3cc(-c4nc(-n5c6ccc7sc8ccc9c%10ccccc%10n%10c%11cccc5c%11c6c7c8c9%10)nc5c4oc4ccccc45)ccc32)cc1. The number of furan rings is 1. The van der Waals surface area contributed by atoms with Gasteiger partial charge in [0.25, 0.3) is 0 Å². The Hall–Kier alpha value is -7.74. The van der Waals surface area contributed by atoms with Gasteiger partial charge in [-0.3, -0.25) is 4.57 Å². The molecule has 0 saturated heterocycles. The molecule has 0 amide bonds. The van der Waals surface area contributed by atoms with Crippen molar-refractivity contribution in [1.29, 1.82) is 0 Å². The van der Waals surface area contributed by atoms with Gasteiger partial charge in [0, 0.05) is 69.1 Å². The Bertz CT molecular complexity index is 4260. The summed E-state index contributed by atoms with van der Waals surface area (Å²) in [5.74, 6) is 0.616. The molecule has 0 aliphatic rings. The van der Waals surface area contributed by atoms with Crippen LogP contribution in [0, 0.1) is 0 Å². The van der Waals surface area contributed by atoms with Crippen molar-refractivity contribution in [3.8, 4) is 22.9 Å². The second kappa shape index (κ2) is 10.6. The molecule has 0 radical (unpaired) electrons. The van der Waals surface area contributed by atoms with Gasteiger partial charge in [-0.25, -0.2) is 9.97 Å². The summed E-state index contributed by atoms with van der Waals surface area (Å²) in [6.45, 7) is 0. The zero-order valence-electron chi connectivity index (χ0n) is 31.1. The maximum absolute atomic E-state index is 6.70. The molecule has 6 nitrogen and oxygen atoms in total. The van der Waals surface area contributed by atoms with Crippen LogP contribution in [0.4, 0.5) is 0 Å². The van der Waals surface area contributed by atoms with E-state index in [1.54, 1.807) is 0 Å². The van der Waals surface area contributed by atoms with Gasteiger partial charge in [-0.05, 0) is 78.9 Å². The standard InChI is InChI=1S/C52H27N5OS/c1-2-11-29(12-3-1)55-35-16-7-5-14-31(35)34-27-28(21-23-37(34)55)48-51-49(33-15-6-9-20-41(33)58-51)54-52(53-48)57-39-19-10-18-38-44(39)45-40(57)24-26-42-46(45)47-43(59-42)25-22-32-30-13-4-8-17-36(30)56(38)50(32)47/h1-27H. The predicted octanol–water partition coefficient (Wildman–Crippen LogP) is 14.0. The summed E-state index contributed by atoms with van der Waals surface area (Å²) >= 11 is 1.88. The van der Waals surface area contributed by atoms with E-state index in [-0.39, 0.29) is 0 Å². The molecule has 7 heteroatoms. The lowest BCUT2D eigenvalue weighted by molar-refractivity contribution is 0.666. The van der Waals surface area contributed by atoms with Crippen LogP contribution in [0.1, 0.15) is 0 Å². The first kappa shape index (κ1) is 30.4. The van der Waals surface area contributed by atoms with Crippen molar-refractivity contribution in [2.24, 2.45) is 0 Å². The molecule has 8 aromatic carbocycles. The monoisotopic (exact) mass is 769 g/mol. The fourth-order valence-electron chi connectivity index (χ4n) is 10.4. The highest BCUT2D eigenvalue weighted by atomic mass is 32.1. The summed E-state index contributed by atoms with van der Waals surface area (Å²) in [4.78, 5) is 11.0. The van der Waals surface area contributed by atoms with Crippen molar-refractivity contribution in [2.45, 2.75) is 0 Å². The maximum Gasteiger partial charge on any atom is 0.236 e. The van der Waals surface area contributed by atoms with Gasteiger partial charge in [0.05, 0.1) is 38.6 Å². The minimum absolute atomic E-state index is 0.616. The zero-order valence-corrected chi connectivity index (χ0v) is 32.0. The summed E-state index contributed by atoms with van der Waals surface area (Å²) in [5, 5.41) is 10.9. The fourth-order valence-corrected chi connectivity index (χ4v) is 11.5. The highest BCUT2D eigenvalue weighted by Gasteiger charge is 2.27. The van der Waals surface area contributed by atoms with E-state index < -0.39 is 0 Å². The molecule has 0 spiro atoms. The van der Waals surface area contributed by atoms with Crippen molar-refractivity contribution in [2.75, 3.05) is 0 Å². The molecule has 0 aliphatic heterocycles. The lowest BCUT2D eigenvalue weighted by Crippen LogP contribution is -2.03. The minimum Gasteiger partial charge on any atom is -0.452 e. The van der Waals surface area contributed by atoms with Gasteiger partial charge in [-0.1, -0.05) is 84.9 Å². The van der Waals surface area contributed by atoms with Gasteiger partial charge >= 0.3 is 0 Å². The number of aromatic nitrogens is 5. The van der Waals surface area contributed by atoms with E-state index >= 15 is 0 Å².